The first-order valence-corrected chi connectivity index (χ1v) is 7.56. The van der Waals surface area contributed by atoms with Crippen molar-refractivity contribution in [3.63, 3.8) is 0 Å². The van der Waals surface area contributed by atoms with Gasteiger partial charge < -0.3 is 0 Å². The molecule has 0 aliphatic rings. The van der Waals surface area contributed by atoms with Crippen molar-refractivity contribution < 1.29 is 0 Å². The number of rotatable bonds is 7. The first kappa shape index (κ1) is 19.2. The Morgan fingerprint density at radius 3 is 2.00 bits per heavy atom. The maximum absolute atomic E-state index is 4.18. The van der Waals surface area contributed by atoms with E-state index in [4.69, 9.17) is 0 Å². The molecule has 0 nitrogen and oxygen atoms in total. The molecule has 0 saturated heterocycles. The monoisotopic (exact) mass is 282 g/mol. The minimum atomic E-state index is 1.02. The first-order valence-electron chi connectivity index (χ1n) is 7.56. The lowest BCUT2D eigenvalue weighted by Crippen LogP contribution is -1.95. The molecule has 0 radical (unpaired) electrons. The molecule has 0 bridgehead atoms. The van der Waals surface area contributed by atoms with E-state index in [1.165, 1.54) is 22.3 Å². The van der Waals surface area contributed by atoms with Gasteiger partial charge in [-0.2, -0.15) is 0 Å². The molecule has 0 aromatic rings. The van der Waals surface area contributed by atoms with Gasteiger partial charge >= 0.3 is 0 Å². The number of allylic oxidation sites excluding steroid dienone is 12. The zero-order chi connectivity index (χ0) is 16.4. The molecule has 0 rings (SSSR count). The lowest BCUT2D eigenvalue weighted by molar-refractivity contribution is 1.21. The van der Waals surface area contributed by atoms with Crippen LogP contribution in [0.15, 0.2) is 83.1 Å². The van der Waals surface area contributed by atoms with Crippen molar-refractivity contribution in [1.29, 1.82) is 0 Å². The van der Waals surface area contributed by atoms with Gasteiger partial charge in [-0.15, -0.1) is 0 Å². The average molecular weight is 282 g/mol. The predicted octanol–water partition coefficient (Wildman–Crippen LogP) is 6.87. The topological polar surface area (TPSA) is 0 Å². The van der Waals surface area contributed by atoms with Gasteiger partial charge in [0.05, 0.1) is 0 Å². The molecule has 0 aliphatic carbocycles. The van der Waals surface area contributed by atoms with Crippen LogP contribution in [0.3, 0.4) is 0 Å². The Hall–Kier alpha value is -1.82. The summed E-state index contributed by atoms with van der Waals surface area (Å²) in [5.74, 6) is 0. The fraction of sp³-hybridized carbons (Fsp3) is 0.333. The highest BCUT2D eigenvalue weighted by Crippen LogP contribution is 2.28. The van der Waals surface area contributed by atoms with Crippen LogP contribution in [0.25, 0.3) is 0 Å². The smallest absolute Gasteiger partial charge is 0.0125 e. The van der Waals surface area contributed by atoms with Gasteiger partial charge in [0, 0.05) is 0 Å². The molecule has 0 N–H and O–H groups in total. The van der Waals surface area contributed by atoms with E-state index in [0.29, 0.717) is 0 Å². The molecular formula is C21H30. The summed E-state index contributed by atoms with van der Waals surface area (Å²) in [7, 11) is 0. The second-order valence-electron chi connectivity index (χ2n) is 5.43. The van der Waals surface area contributed by atoms with Gasteiger partial charge in [-0.05, 0) is 63.3 Å². The summed E-state index contributed by atoms with van der Waals surface area (Å²) in [5.41, 5.74) is 7.12. The molecule has 0 aromatic carbocycles. The second kappa shape index (κ2) is 9.99. The quantitative estimate of drug-likeness (QED) is 0.447. The Labute approximate surface area is 131 Å². The van der Waals surface area contributed by atoms with E-state index in [1.807, 2.05) is 19.1 Å². The SMILES string of the molecule is C=CC(C=CC)=C(C)C(C(=C)C)=C(C=CCC)C=C(C)C. The predicted molar refractivity (Wildman–Crippen MR) is 98.4 cm³/mol. The van der Waals surface area contributed by atoms with E-state index in [1.54, 1.807) is 0 Å². The lowest BCUT2D eigenvalue weighted by atomic mass is 9.90. The highest BCUT2D eigenvalue weighted by molar-refractivity contribution is 5.58. The molecule has 21 heavy (non-hydrogen) atoms. The normalized spacial score (nSPS) is 14.0. The van der Waals surface area contributed by atoms with Gasteiger partial charge in [0.25, 0.3) is 0 Å². The van der Waals surface area contributed by atoms with Crippen molar-refractivity contribution in [2.75, 3.05) is 0 Å². The van der Waals surface area contributed by atoms with Gasteiger partial charge in [-0.25, -0.2) is 0 Å². The van der Waals surface area contributed by atoms with Gasteiger partial charge in [-0.1, -0.05) is 67.7 Å². The van der Waals surface area contributed by atoms with Gasteiger partial charge in [0.1, 0.15) is 0 Å². The van der Waals surface area contributed by atoms with Crippen molar-refractivity contribution >= 4 is 0 Å². The third kappa shape index (κ3) is 6.44. The highest BCUT2D eigenvalue weighted by atomic mass is 14.1. The van der Waals surface area contributed by atoms with E-state index in [0.717, 1.165) is 17.6 Å². The molecule has 114 valence electrons. The van der Waals surface area contributed by atoms with Gasteiger partial charge in [-0.3, -0.25) is 0 Å². The van der Waals surface area contributed by atoms with Gasteiger partial charge in [0.2, 0.25) is 0 Å². The molecular weight excluding hydrogens is 252 g/mol. The maximum atomic E-state index is 4.18. The van der Waals surface area contributed by atoms with Crippen LogP contribution >= 0.6 is 0 Å². The average Bonchev–Trinajstić information content (AvgIpc) is 2.40. The summed E-state index contributed by atoms with van der Waals surface area (Å²) >= 11 is 0. The van der Waals surface area contributed by atoms with Crippen LogP contribution in [0.1, 0.15) is 48.0 Å². The number of hydrogen-bond acceptors (Lipinski definition) is 0. The van der Waals surface area contributed by atoms with E-state index in [2.05, 4.69) is 72.1 Å². The maximum Gasteiger partial charge on any atom is -0.0125 e. The van der Waals surface area contributed by atoms with Crippen molar-refractivity contribution in [3.05, 3.63) is 83.1 Å². The molecule has 0 fully saturated rings. The molecule has 0 spiro atoms. The standard InChI is InChI=1S/C21H30/c1-9-12-14-20(15-16(4)5)21(17(6)7)18(8)19(11-3)13-10-2/h10-15H,3,6,9H2,1-2,4-5,7-8H3. The summed E-state index contributed by atoms with van der Waals surface area (Å²) in [4.78, 5) is 0. The van der Waals surface area contributed by atoms with E-state index in [-0.39, 0.29) is 0 Å². The molecule has 0 aliphatic heterocycles. The Morgan fingerprint density at radius 1 is 1.00 bits per heavy atom. The summed E-state index contributed by atoms with van der Waals surface area (Å²) < 4.78 is 0. The largest absolute Gasteiger partial charge is 0.0985 e. The van der Waals surface area contributed by atoms with Crippen LogP contribution in [-0.2, 0) is 0 Å². The third-order valence-corrected chi connectivity index (χ3v) is 3.07. The van der Waals surface area contributed by atoms with Crippen molar-refractivity contribution in [3.8, 4) is 0 Å². The second-order valence-corrected chi connectivity index (χ2v) is 5.43. The number of hydrogen-bond donors (Lipinski definition) is 0. The Morgan fingerprint density at radius 2 is 1.62 bits per heavy atom. The van der Waals surface area contributed by atoms with Crippen LogP contribution in [0, 0.1) is 0 Å². The molecule has 0 saturated carbocycles. The molecule has 0 aromatic heterocycles. The summed E-state index contributed by atoms with van der Waals surface area (Å²) in [6, 6.07) is 0. The first-order chi connectivity index (χ1) is 9.88. The van der Waals surface area contributed by atoms with E-state index in [9.17, 15) is 0 Å². The van der Waals surface area contributed by atoms with Crippen molar-refractivity contribution in [2.24, 2.45) is 0 Å². The molecule has 0 unspecified atom stereocenters. The van der Waals surface area contributed by atoms with Crippen LogP contribution in [0.2, 0.25) is 0 Å². The van der Waals surface area contributed by atoms with Gasteiger partial charge in [0.15, 0.2) is 0 Å². The highest BCUT2D eigenvalue weighted by Gasteiger charge is 2.09. The molecule has 0 heteroatoms. The third-order valence-electron chi connectivity index (χ3n) is 3.07. The van der Waals surface area contributed by atoms with Crippen LogP contribution < -0.4 is 0 Å². The molecule has 0 atom stereocenters. The minimum Gasteiger partial charge on any atom is -0.0985 e. The summed E-state index contributed by atoms with van der Waals surface area (Å²) in [5, 5.41) is 0. The van der Waals surface area contributed by atoms with Crippen molar-refractivity contribution in [1.82, 2.24) is 0 Å². The summed E-state index contributed by atoms with van der Waals surface area (Å²) in [6.45, 7) is 20.7. The zero-order valence-electron chi connectivity index (χ0n) is 14.6. The molecule has 0 heterocycles. The Kier molecular flexibility index (Phi) is 9.12. The fourth-order valence-corrected chi connectivity index (χ4v) is 2.21. The van der Waals surface area contributed by atoms with E-state index < -0.39 is 0 Å². The summed E-state index contributed by atoms with van der Waals surface area (Å²) in [6.07, 6.45) is 13.7. The zero-order valence-corrected chi connectivity index (χ0v) is 14.6. The van der Waals surface area contributed by atoms with Crippen LogP contribution in [0.4, 0.5) is 0 Å². The van der Waals surface area contributed by atoms with Crippen molar-refractivity contribution in [2.45, 2.75) is 48.0 Å². The molecule has 0 amide bonds. The minimum absolute atomic E-state index is 1.02. The van der Waals surface area contributed by atoms with Crippen LogP contribution in [-0.4, -0.2) is 0 Å². The fourth-order valence-electron chi connectivity index (χ4n) is 2.21. The Balaban J connectivity index is 6.43. The lowest BCUT2D eigenvalue weighted by Gasteiger charge is -2.14. The Bertz CT molecular complexity index is 524. The van der Waals surface area contributed by atoms with E-state index >= 15 is 0 Å². The van der Waals surface area contributed by atoms with Crippen LogP contribution in [0.5, 0.6) is 0 Å².